The number of thiophene rings is 1. The Morgan fingerprint density at radius 1 is 1.52 bits per heavy atom. The molecule has 2 rings (SSSR count). The Labute approximate surface area is 129 Å². The maximum Gasteiger partial charge on any atom is 0.262 e. The van der Waals surface area contributed by atoms with E-state index in [1.807, 2.05) is 11.4 Å². The second kappa shape index (κ2) is 8.83. The van der Waals surface area contributed by atoms with Gasteiger partial charge in [-0.15, -0.1) is 11.3 Å². The van der Waals surface area contributed by atoms with Crippen LogP contribution < -0.4 is 5.32 Å². The van der Waals surface area contributed by atoms with Gasteiger partial charge in [0.2, 0.25) is 0 Å². The van der Waals surface area contributed by atoms with E-state index in [4.69, 9.17) is 9.84 Å². The van der Waals surface area contributed by atoms with Gasteiger partial charge in [-0.05, 0) is 36.6 Å². The molecule has 5 heteroatoms. The second-order valence-electron chi connectivity index (χ2n) is 5.07. The van der Waals surface area contributed by atoms with E-state index < -0.39 is 0 Å². The Morgan fingerprint density at radius 3 is 3.14 bits per heavy atom. The standard InChI is InChI=1S/C16H21NO3S/c18-9-2-1-4-14-7-11-21-15(14)16(19)17-8-3-10-20-12-13-5-6-13/h7,11,13,18H,2-3,5-6,8-10,12H2,(H,17,19). The number of aliphatic hydroxyl groups excluding tert-OH is 1. The van der Waals surface area contributed by atoms with Crippen LogP contribution in [0, 0.1) is 17.8 Å². The first-order chi connectivity index (χ1) is 10.3. The SMILES string of the molecule is O=C(NCCCOCC1CC1)c1sccc1C#CCCO. The quantitative estimate of drug-likeness (QED) is 0.571. The first kappa shape index (κ1) is 16.0. The van der Waals surface area contributed by atoms with Gasteiger partial charge in [0.25, 0.3) is 5.91 Å². The molecule has 1 aliphatic carbocycles. The fourth-order valence-corrected chi connectivity index (χ4v) is 2.55. The van der Waals surface area contributed by atoms with E-state index in [1.165, 1.54) is 24.2 Å². The Kier molecular flexibility index (Phi) is 6.74. The summed E-state index contributed by atoms with van der Waals surface area (Å²) in [6, 6.07) is 1.84. The summed E-state index contributed by atoms with van der Waals surface area (Å²) in [5.41, 5.74) is 0.732. The lowest BCUT2D eigenvalue weighted by Gasteiger charge is -2.05. The van der Waals surface area contributed by atoms with Gasteiger partial charge < -0.3 is 15.2 Å². The topological polar surface area (TPSA) is 58.6 Å². The molecule has 1 saturated carbocycles. The molecule has 2 N–H and O–H groups in total. The van der Waals surface area contributed by atoms with Gasteiger partial charge in [0.15, 0.2) is 0 Å². The zero-order chi connectivity index (χ0) is 14.9. The summed E-state index contributed by atoms with van der Waals surface area (Å²) < 4.78 is 5.52. The van der Waals surface area contributed by atoms with Crippen LogP contribution in [0.1, 0.15) is 40.9 Å². The van der Waals surface area contributed by atoms with Crippen LogP contribution in [0.2, 0.25) is 0 Å². The van der Waals surface area contributed by atoms with E-state index in [2.05, 4.69) is 17.2 Å². The molecule has 0 aromatic carbocycles. The first-order valence-corrected chi connectivity index (χ1v) is 8.22. The van der Waals surface area contributed by atoms with Crippen molar-refractivity contribution in [1.29, 1.82) is 0 Å². The Hall–Kier alpha value is -1.35. The molecule has 1 fully saturated rings. The van der Waals surface area contributed by atoms with Gasteiger partial charge in [0.1, 0.15) is 4.88 Å². The van der Waals surface area contributed by atoms with E-state index in [0.717, 1.165) is 24.5 Å². The molecule has 1 heterocycles. The Bertz CT molecular complexity index is 511. The normalized spacial score (nSPS) is 13.6. The van der Waals surface area contributed by atoms with Crippen LogP contribution in [0.5, 0.6) is 0 Å². The maximum atomic E-state index is 12.1. The molecule has 114 valence electrons. The smallest absolute Gasteiger partial charge is 0.262 e. The number of nitrogens with one attached hydrogen (secondary N) is 1. The second-order valence-corrected chi connectivity index (χ2v) is 5.98. The zero-order valence-corrected chi connectivity index (χ0v) is 12.9. The number of ether oxygens (including phenoxy) is 1. The molecule has 0 atom stereocenters. The molecule has 21 heavy (non-hydrogen) atoms. The van der Waals surface area contributed by atoms with Crippen molar-refractivity contribution >= 4 is 17.2 Å². The van der Waals surface area contributed by atoms with Crippen LogP contribution in [0.3, 0.4) is 0 Å². The van der Waals surface area contributed by atoms with Crippen LogP contribution in [0.4, 0.5) is 0 Å². The molecule has 0 aliphatic heterocycles. The monoisotopic (exact) mass is 307 g/mol. The van der Waals surface area contributed by atoms with Crippen LogP contribution in [0.25, 0.3) is 0 Å². The summed E-state index contributed by atoms with van der Waals surface area (Å²) >= 11 is 1.39. The zero-order valence-electron chi connectivity index (χ0n) is 12.1. The maximum absolute atomic E-state index is 12.1. The van der Waals surface area contributed by atoms with Crippen molar-refractivity contribution in [2.24, 2.45) is 5.92 Å². The van der Waals surface area contributed by atoms with Crippen molar-refractivity contribution in [2.45, 2.75) is 25.7 Å². The van der Waals surface area contributed by atoms with Crippen LogP contribution >= 0.6 is 11.3 Å². The summed E-state index contributed by atoms with van der Waals surface area (Å²) in [7, 11) is 0. The molecule has 0 bridgehead atoms. The summed E-state index contributed by atoms with van der Waals surface area (Å²) in [5.74, 6) is 6.46. The van der Waals surface area contributed by atoms with Crippen molar-refractivity contribution in [3.8, 4) is 11.8 Å². The van der Waals surface area contributed by atoms with E-state index in [0.29, 0.717) is 24.4 Å². The largest absolute Gasteiger partial charge is 0.395 e. The van der Waals surface area contributed by atoms with E-state index in [1.54, 1.807) is 0 Å². The first-order valence-electron chi connectivity index (χ1n) is 7.34. The van der Waals surface area contributed by atoms with Gasteiger partial charge >= 0.3 is 0 Å². The number of amides is 1. The molecule has 0 spiro atoms. The molecular formula is C16H21NO3S. The fraction of sp³-hybridized carbons (Fsp3) is 0.562. The Morgan fingerprint density at radius 2 is 2.38 bits per heavy atom. The Balaban J connectivity index is 1.67. The van der Waals surface area contributed by atoms with Crippen molar-refractivity contribution in [1.82, 2.24) is 5.32 Å². The van der Waals surface area contributed by atoms with E-state index in [9.17, 15) is 4.79 Å². The van der Waals surface area contributed by atoms with Crippen molar-refractivity contribution in [3.63, 3.8) is 0 Å². The van der Waals surface area contributed by atoms with Crippen LogP contribution in [-0.2, 0) is 4.74 Å². The number of aliphatic hydroxyl groups is 1. The fourth-order valence-electron chi connectivity index (χ4n) is 1.79. The van der Waals surface area contributed by atoms with Gasteiger partial charge in [-0.3, -0.25) is 4.79 Å². The van der Waals surface area contributed by atoms with Crippen molar-refractivity contribution in [3.05, 3.63) is 21.9 Å². The van der Waals surface area contributed by atoms with E-state index in [-0.39, 0.29) is 12.5 Å². The van der Waals surface area contributed by atoms with Gasteiger partial charge in [-0.2, -0.15) is 0 Å². The number of hydrogen-bond donors (Lipinski definition) is 2. The minimum Gasteiger partial charge on any atom is -0.395 e. The van der Waals surface area contributed by atoms with Crippen LogP contribution in [0.15, 0.2) is 11.4 Å². The molecule has 0 saturated heterocycles. The van der Waals surface area contributed by atoms with Crippen LogP contribution in [-0.4, -0.2) is 37.4 Å². The number of hydrogen-bond acceptors (Lipinski definition) is 4. The molecule has 0 unspecified atom stereocenters. The highest BCUT2D eigenvalue weighted by molar-refractivity contribution is 7.12. The molecule has 0 radical (unpaired) electrons. The lowest BCUT2D eigenvalue weighted by atomic mass is 10.2. The molecule has 1 aromatic rings. The lowest BCUT2D eigenvalue weighted by Crippen LogP contribution is -2.25. The summed E-state index contributed by atoms with van der Waals surface area (Å²) in [5, 5.41) is 13.5. The number of carbonyl (C=O) groups excluding carboxylic acids is 1. The highest BCUT2D eigenvalue weighted by Crippen LogP contribution is 2.28. The van der Waals surface area contributed by atoms with Crippen molar-refractivity contribution < 1.29 is 14.6 Å². The highest BCUT2D eigenvalue weighted by Gasteiger charge is 2.20. The van der Waals surface area contributed by atoms with Crippen molar-refractivity contribution in [2.75, 3.05) is 26.4 Å². The average Bonchev–Trinajstić information content (AvgIpc) is 3.19. The minimum atomic E-state index is -0.0829. The average molecular weight is 307 g/mol. The number of carbonyl (C=O) groups is 1. The molecular weight excluding hydrogens is 286 g/mol. The molecule has 4 nitrogen and oxygen atoms in total. The molecule has 1 amide bonds. The predicted molar refractivity (Wildman–Crippen MR) is 83.4 cm³/mol. The predicted octanol–water partition coefficient (Wildman–Crippen LogP) is 2.03. The third-order valence-corrected chi connectivity index (χ3v) is 4.05. The molecule has 1 aliphatic rings. The summed E-state index contributed by atoms with van der Waals surface area (Å²) in [4.78, 5) is 12.7. The highest BCUT2D eigenvalue weighted by atomic mass is 32.1. The van der Waals surface area contributed by atoms with E-state index >= 15 is 0 Å². The molecule has 1 aromatic heterocycles. The third kappa shape index (κ3) is 5.88. The summed E-state index contributed by atoms with van der Waals surface area (Å²) in [6.07, 6.45) is 3.86. The van der Waals surface area contributed by atoms with Gasteiger partial charge in [0, 0.05) is 31.7 Å². The lowest BCUT2D eigenvalue weighted by molar-refractivity contribution is 0.0941. The number of rotatable bonds is 8. The minimum absolute atomic E-state index is 0.0412. The van der Waals surface area contributed by atoms with Gasteiger partial charge in [-0.1, -0.05) is 11.8 Å². The van der Waals surface area contributed by atoms with Gasteiger partial charge in [0.05, 0.1) is 6.61 Å². The third-order valence-electron chi connectivity index (χ3n) is 3.13. The van der Waals surface area contributed by atoms with Gasteiger partial charge in [-0.25, -0.2) is 0 Å². The summed E-state index contributed by atoms with van der Waals surface area (Å²) in [6.45, 7) is 2.22.